The van der Waals surface area contributed by atoms with Gasteiger partial charge in [0, 0.05) is 37.0 Å². The van der Waals surface area contributed by atoms with Crippen molar-refractivity contribution in [3.8, 4) is 67.8 Å². The molecule has 4 nitrogen and oxygen atoms in total. The van der Waals surface area contributed by atoms with Gasteiger partial charge in [-0.3, -0.25) is 0 Å². The fraction of sp³-hybridized carbons (Fsp3) is 0. The van der Waals surface area contributed by atoms with Crippen LogP contribution in [0.3, 0.4) is 0 Å². The highest BCUT2D eigenvalue weighted by atomic mass is 127. The Labute approximate surface area is 264 Å². The van der Waals surface area contributed by atoms with E-state index in [-0.39, 0.29) is 0 Å². The highest BCUT2D eigenvalue weighted by Gasteiger charge is 2.15. The molecule has 0 fully saturated rings. The molecule has 0 saturated heterocycles. The molecule has 2 aromatic heterocycles. The van der Waals surface area contributed by atoms with Gasteiger partial charge in [-0.15, -0.1) is 0 Å². The maximum Gasteiger partial charge on any atom is 0.160 e. The normalized spacial score (nSPS) is 10.9. The van der Waals surface area contributed by atoms with Gasteiger partial charge in [0.2, 0.25) is 0 Å². The molecule has 0 N–H and O–H groups in total. The Bertz CT molecular complexity index is 1750. The third kappa shape index (κ3) is 5.98. The zero-order valence-corrected chi connectivity index (χ0v) is 25.3. The molecule has 0 radical (unpaired) electrons. The predicted molar refractivity (Wildman–Crippen MR) is 183 cm³/mol. The van der Waals surface area contributed by atoms with E-state index in [0.29, 0.717) is 11.6 Å². The van der Waals surface area contributed by atoms with Crippen LogP contribution in [0.2, 0.25) is 0 Å². The van der Waals surface area contributed by atoms with Gasteiger partial charge in [-0.1, -0.05) is 121 Å². The Hall–Kier alpha value is -5.01. The second-order valence-corrected chi connectivity index (χ2v) is 11.4. The van der Waals surface area contributed by atoms with Crippen molar-refractivity contribution in [3.05, 3.63) is 155 Å². The van der Waals surface area contributed by atoms with Crippen molar-refractivity contribution in [1.82, 2.24) is 19.9 Å². The molecule has 0 spiro atoms. The SMILES string of the molecule is Ic1cc(-c2nc(-c3ccccc3)cc(-c3ccccc3)n2)cc(-c2nc(-c3ccccc3)cc(-c3ccccc3)n2)c1. The van der Waals surface area contributed by atoms with Crippen LogP contribution in [0.5, 0.6) is 0 Å². The number of nitrogens with zero attached hydrogens (tertiary/aromatic N) is 4. The van der Waals surface area contributed by atoms with Crippen LogP contribution in [-0.2, 0) is 0 Å². The van der Waals surface area contributed by atoms with Gasteiger partial charge in [0.15, 0.2) is 11.6 Å². The summed E-state index contributed by atoms with van der Waals surface area (Å²) in [6, 6.07) is 51.4. The van der Waals surface area contributed by atoms with E-state index in [4.69, 9.17) is 19.9 Å². The van der Waals surface area contributed by atoms with Gasteiger partial charge in [0.1, 0.15) is 0 Å². The number of halogens is 1. The van der Waals surface area contributed by atoms with E-state index in [1.807, 2.05) is 72.8 Å². The Kier molecular flexibility index (Phi) is 7.54. The Balaban J connectivity index is 1.40. The molecular weight excluding hydrogens is 639 g/mol. The average Bonchev–Trinajstić information content (AvgIpc) is 3.09. The smallest absolute Gasteiger partial charge is 0.160 e. The minimum absolute atomic E-state index is 0.655. The number of benzene rings is 5. The van der Waals surface area contributed by atoms with Gasteiger partial charge in [-0.05, 0) is 52.9 Å². The molecule has 0 aliphatic heterocycles. The van der Waals surface area contributed by atoms with E-state index in [1.54, 1.807) is 0 Å². The first-order valence-electron chi connectivity index (χ1n) is 14.0. The standard InChI is InChI=1S/C38H25IN4/c39-32-22-30(37-40-33(26-13-5-1-6-14-26)24-34(41-37)27-15-7-2-8-16-27)21-31(23-32)38-42-35(28-17-9-3-10-18-28)25-36(43-38)29-19-11-4-12-20-29/h1-25H. The van der Waals surface area contributed by atoms with Crippen LogP contribution in [0.25, 0.3) is 67.8 Å². The van der Waals surface area contributed by atoms with Crippen LogP contribution in [0.4, 0.5) is 0 Å². The van der Waals surface area contributed by atoms with Crippen LogP contribution >= 0.6 is 22.6 Å². The van der Waals surface area contributed by atoms with Gasteiger partial charge in [0.25, 0.3) is 0 Å². The molecule has 0 aliphatic carbocycles. The van der Waals surface area contributed by atoms with Gasteiger partial charge < -0.3 is 0 Å². The van der Waals surface area contributed by atoms with E-state index in [9.17, 15) is 0 Å². The summed E-state index contributed by atoms with van der Waals surface area (Å²) in [5.41, 5.74) is 9.48. The summed E-state index contributed by atoms with van der Waals surface area (Å²) in [6.45, 7) is 0. The third-order valence-electron chi connectivity index (χ3n) is 7.14. The quantitative estimate of drug-likeness (QED) is 0.166. The summed E-state index contributed by atoms with van der Waals surface area (Å²) in [5.74, 6) is 1.31. The lowest BCUT2D eigenvalue weighted by atomic mass is 10.0. The largest absolute Gasteiger partial charge is 0.228 e. The number of hydrogen-bond acceptors (Lipinski definition) is 4. The van der Waals surface area contributed by atoms with Gasteiger partial charge in [0.05, 0.1) is 22.8 Å². The third-order valence-corrected chi connectivity index (χ3v) is 7.77. The molecule has 43 heavy (non-hydrogen) atoms. The Morgan fingerprint density at radius 3 is 0.860 bits per heavy atom. The van der Waals surface area contributed by atoms with Gasteiger partial charge in [-0.2, -0.15) is 0 Å². The van der Waals surface area contributed by atoms with Crippen LogP contribution in [0, 0.1) is 3.57 Å². The van der Waals surface area contributed by atoms with Crippen LogP contribution < -0.4 is 0 Å². The summed E-state index contributed by atoms with van der Waals surface area (Å²) < 4.78 is 1.05. The summed E-state index contributed by atoms with van der Waals surface area (Å²) >= 11 is 2.35. The van der Waals surface area contributed by atoms with Crippen molar-refractivity contribution in [3.63, 3.8) is 0 Å². The number of hydrogen-bond donors (Lipinski definition) is 0. The zero-order valence-electron chi connectivity index (χ0n) is 23.1. The van der Waals surface area contributed by atoms with Crippen molar-refractivity contribution in [1.29, 1.82) is 0 Å². The minimum atomic E-state index is 0.655. The molecule has 0 unspecified atom stereocenters. The van der Waals surface area contributed by atoms with E-state index in [2.05, 4.69) is 101 Å². The lowest BCUT2D eigenvalue weighted by molar-refractivity contribution is 1.17. The van der Waals surface area contributed by atoms with E-state index < -0.39 is 0 Å². The first-order chi connectivity index (χ1) is 21.2. The highest BCUT2D eigenvalue weighted by molar-refractivity contribution is 14.1. The first-order valence-corrected chi connectivity index (χ1v) is 15.1. The Morgan fingerprint density at radius 1 is 0.302 bits per heavy atom. The first kappa shape index (κ1) is 26.9. The maximum absolute atomic E-state index is 5.05. The van der Waals surface area contributed by atoms with Crippen molar-refractivity contribution in [2.24, 2.45) is 0 Å². The molecule has 0 amide bonds. The highest BCUT2D eigenvalue weighted by Crippen LogP contribution is 2.32. The molecule has 7 aromatic rings. The monoisotopic (exact) mass is 664 g/mol. The molecule has 0 atom stereocenters. The van der Waals surface area contributed by atoms with Gasteiger partial charge >= 0.3 is 0 Å². The summed E-state index contributed by atoms with van der Waals surface area (Å²) in [5, 5.41) is 0. The molecule has 5 heteroatoms. The molecule has 0 aliphatic rings. The summed E-state index contributed by atoms with van der Waals surface area (Å²) in [7, 11) is 0. The molecule has 5 aromatic carbocycles. The second kappa shape index (κ2) is 12.1. The topological polar surface area (TPSA) is 51.6 Å². The lowest BCUT2D eigenvalue weighted by Gasteiger charge is -2.12. The summed E-state index contributed by atoms with van der Waals surface area (Å²) in [4.78, 5) is 20.2. The predicted octanol–water partition coefficient (Wildman–Crippen LogP) is 9.87. The molecule has 0 bridgehead atoms. The van der Waals surface area contributed by atoms with Crippen LogP contribution in [0.1, 0.15) is 0 Å². The molecule has 0 saturated carbocycles. The van der Waals surface area contributed by atoms with Crippen molar-refractivity contribution < 1.29 is 0 Å². The van der Waals surface area contributed by atoms with E-state index in [0.717, 1.165) is 59.7 Å². The molecule has 2 heterocycles. The van der Waals surface area contributed by atoms with E-state index in [1.165, 1.54) is 0 Å². The molecule has 204 valence electrons. The van der Waals surface area contributed by atoms with Crippen molar-refractivity contribution >= 4 is 22.6 Å². The maximum atomic E-state index is 5.05. The lowest BCUT2D eigenvalue weighted by Crippen LogP contribution is -1.99. The molecule has 7 rings (SSSR count). The average molecular weight is 665 g/mol. The number of rotatable bonds is 6. The second-order valence-electron chi connectivity index (χ2n) is 10.1. The van der Waals surface area contributed by atoms with E-state index >= 15 is 0 Å². The number of aromatic nitrogens is 4. The minimum Gasteiger partial charge on any atom is -0.228 e. The fourth-order valence-electron chi connectivity index (χ4n) is 5.03. The van der Waals surface area contributed by atoms with Gasteiger partial charge in [-0.25, -0.2) is 19.9 Å². The van der Waals surface area contributed by atoms with Crippen molar-refractivity contribution in [2.75, 3.05) is 0 Å². The molecular formula is C38H25IN4. The zero-order chi connectivity index (χ0) is 29.0. The summed E-state index contributed by atoms with van der Waals surface area (Å²) in [6.07, 6.45) is 0. The Morgan fingerprint density at radius 2 is 0.581 bits per heavy atom. The van der Waals surface area contributed by atoms with Crippen LogP contribution in [-0.4, -0.2) is 19.9 Å². The fourth-order valence-corrected chi connectivity index (χ4v) is 5.70. The van der Waals surface area contributed by atoms with Crippen molar-refractivity contribution in [2.45, 2.75) is 0 Å². The van der Waals surface area contributed by atoms with Crippen LogP contribution in [0.15, 0.2) is 152 Å².